The minimum atomic E-state index is -0.427. The molecule has 0 spiro atoms. The molecule has 1 unspecified atom stereocenters. The van der Waals surface area contributed by atoms with E-state index in [4.69, 9.17) is 4.74 Å². The van der Waals surface area contributed by atoms with E-state index >= 15 is 0 Å². The number of hydrogen-bond donors (Lipinski definition) is 2. The van der Waals surface area contributed by atoms with Crippen molar-refractivity contribution in [2.24, 2.45) is 5.92 Å². The summed E-state index contributed by atoms with van der Waals surface area (Å²) in [6.45, 7) is 7.64. The van der Waals surface area contributed by atoms with Crippen LogP contribution < -0.4 is 10.6 Å². The van der Waals surface area contributed by atoms with Crippen molar-refractivity contribution in [3.05, 3.63) is 0 Å². The minimum absolute atomic E-state index is 0.0753. The Bertz CT molecular complexity index is 331. The van der Waals surface area contributed by atoms with Gasteiger partial charge in [0.15, 0.2) is 0 Å². The monoisotopic (exact) mass is 300 g/mol. The minimum Gasteiger partial charge on any atom is -0.444 e. The molecule has 1 aliphatic heterocycles. The third-order valence-electron chi connectivity index (χ3n) is 4.00. The van der Waals surface area contributed by atoms with Gasteiger partial charge in [0.2, 0.25) is 0 Å². The van der Waals surface area contributed by atoms with Crippen molar-refractivity contribution >= 4 is 17.9 Å². The maximum atomic E-state index is 11.9. The molecule has 1 atom stereocenters. The van der Waals surface area contributed by atoms with E-state index in [-0.39, 0.29) is 11.6 Å². The molecule has 116 valence electrons. The highest BCUT2D eigenvalue weighted by atomic mass is 32.2. The quantitative estimate of drug-likeness (QED) is 0.820. The zero-order valence-electron chi connectivity index (χ0n) is 13.0. The molecule has 0 aromatic rings. The van der Waals surface area contributed by atoms with Crippen molar-refractivity contribution in [2.75, 3.05) is 24.6 Å². The summed E-state index contributed by atoms with van der Waals surface area (Å²) in [5.74, 6) is 3.38. The van der Waals surface area contributed by atoms with Crippen molar-refractivity contribution in [1.29, 1.82) is 0 Å². The van der Waals surface area contributed by atoms with Crippen LogP contribution in [-0.4, -0.2) is 41.8 Å². The van der Waals surface area contributed by atoms with Crippen LogP contribution in [-0.2, 0) is 4.74 Å². The van der Waals surface area contributed by atoms with E-state index < -0.39 is 5.60 Å². The highest BCUT2D eigenvalue weighted by Crippen LogP contribution is 2.32. The predicted molar refractivity (Wildman–Crippen MR) is 84.3 cm³/mol. The Hall–Kier alpha value is -0.420. The van der Waals surface area contributed by atoms with Gasteiger partial charge in [-0.05, 0) is 70.4 Å². The molecular weight excluding hydrogens is 272 g/mol. The van der Waals surface area contributed by atoms with Crippen LogP contribution in [0, 0.1) is 5.92 Å². The third kappa shape index (κ3) is 4.85. The maximum Gasteiger partial charge on any atom is 0.408 e. The van der Waals surface area contributed by atoms with Crippen LogP contribution in [0.1, 0.15) is 46.5 Å². The summed E-state index contributed by atoms with van der Waals surface area (Å²) in [6, 6.07) is 0. The normalized spacial score (nSPS) is 25.1. The second-order valence-electron chi connectivity index (χ2n) is 7.12. The van der Waals surface area contributed by atoms with Gasteiger partial charge in [0.1, 0.15) is 5.60 Å². The summed E-state index contributed by atoms with van der Waals surface area (Å²) in [4.78, 5) is 11.9. The Morgan fingerprint density at radius 1 is 1.40 bits per heavy atom. The van der Waals surface area contributed by atoms with E-state index in [1.165, 1.54) is 24.3 Å². The van der Waals surface area contributed by atoms with Crippen LogP contribution in [0.3, 0.4) is 0 Å². The van der Waals surface area contributed by atoms with Gasteiger partial charge in [0.05, 0.1) is 5.54 Å². The standard InChI is InChI=1S/C15H28N2O2S/c1-14(2,3)19-13(18)17-15(6-4-7-15)11-16-9-12-5-8-20-10-12/h12,16H,4-11H2,1-3H3,(H,17,18). The van der Waals surface area contributed by atoms with E-state index in [9.17, 15) is 4.79 Å². The molecule has 2 rings (SSSR count). The van der Waals surface area contributed by atoms with Gasteiger partial charge >= 0.3 is 6.09 Å². The van der Waals surface area contributed by atoms with Crippen molar-refractivity contribution in [2.45, 2.75) is 57.6 Å². The summed E-state index contributed by atoms with van der Waals surface area (Å²) >= 11 is 2.05. The number of carbonyl (C=O) groups excluding carboxylic acids is 1. The van der Waals surface area contributed by atoms with Crippen LogP contribution in [0.25, 0.3) is 0 Å². The summed E-state index contributed by atoms with van der Waals surface area (Å²) in [6.07, 6.45) is 4.34. The van der Waals surface area contributed by atoms with Crippen molar-refractivity contribution in [1.82, 2.24) is 10.6 Å². The van der Waals surface area contributed by atoms with Crippen molar-refractivity contribution in [3.63, 3.8) is 0 Å². The van der Waals surface area contributed by atoms with Gasteiger partial charge in [0, 0.05) is 6.54 Å². The molecular formula is C15H28N2O2S. The van der Waals surface area contributed by atoms with Gasteiger partial charge in [0.25, 0.3) is 0 Å². The fourth-order valence-electron chi connectivity index (χ4n) is 2.73. The number of nitrogens with one attached hydrogen (secondary N) is 2. The SMILES string of the molecule is CC(C)(C)OC(=O)NC1(CNCC2CCSC2)CCC1. The van der Waals surface area contributed by atoms with E-state index in [1.54, 1.807) is 0 Å². The van der Waals surface area contributed by atoms with Crippen LogP contribution >= 0.6 is 11.8 Å². The number of thioether (sulfide) groups is 1. The lowest BCUT2D eigenvalue weighted by molar-refractivity contribution is 0.0382. The largest absolute Gasteiger partial charge is 0.444 e. The number of ether oxygens (including phenoxy) is 1. The first-order chi connectivity index (χ1) is 9.39. The second-order valence-corrected chi connectivity index (χ2v) is 8.27. The van der Waals surface area contributed by atoms with E-state index in [1.807, 2.05) is 32.5 Å². The Kier molecular flexibility index (Phi) is 5.24. The van der Waals surface area contributed by atoms with E-state index in [2.05, 4.69) is 10.6 Å². The Labute approximate surface area is 126 Å². The molecule has 1 heterocycles. The Morgan fingerprint density at radius 2 is 2.15 bits per heavy atom. The number of amides is 1. The molecule has 0 radical (unpaired) electrons. The van der Waals surface area contributed by atoms with Gasteiger partial charge in [-0.1, -0.05) is 0 Å². The predicted octanol–water partition coefficient (Wildman–Crippen LogP) is 2.78. The molecule has 0 bridgehead atoms. The molecule has 4 nitrogen and oxygen atoms in total. The first-order valence-electron chi connectivity index (χ1n) is 7.68. The molecule has 2 N–H and O–H groups in total. The highest BCUT2D eigenvalue weighted by molar-refractivity contribution is 7.99. The fourth-order valence-corrected chi connectivity index (χ4v) is 4.01. The molecule has 0 aromatic carbocycles. The zero-order valence-corrected chi connectivity index (χ0v) is 13.8. The van der Waals surface area contributed by atoms with Gasteiger partial charge in [-0.2, -0.15) is 11.8 Å². The molecule has 2 aliphatic rings. The third-order valence-corrected chi connectivity index (χ3v) is 5.23. The lowest BCUT2D eigenvalue weighted by Crippen LogP contribution is -2.60. The smallest absolute Gasteiger partial charge is 0.408 e. The molecule has 1 amide bonds. The van der Waals surface area contributed by atoms with Crippen LogP contribution in [0.15, 0.2) is 0 Å². The second kappa shape index (κ2) is 6.56. The molecule has 1 aliphatic carbocycles. The topological polar surface area (TPSA) is 50.4 Å². The van der Waals surface area contributed by atoms with Gasteiger partial charge in [-0.25, -0.2) is 4.79 Å². The van der Waals surface area contributed by atoms with Crippen LogP contribution in [0.4, 0.5) is 4.79 Å². The number of alkyl carbamates (subject to hydrolysis) is 1. The molecule has 0 aromatic heterocycles. The number of rotatable bonds is 5. The summed E-state index contributed by atoms with van der Waals surface area (Å²) in [5.41, 5.74) is -0.502. The van der Waals surface area contributed by atoms with Gasteiger partial charge in [-0.15, -0.1) is 0 Å². The first-order valence-corrected chi connectivity index (χ1v) is 8.84. The Morgan fingerprint density at radius 3 is 2.65 bits per heavy atom. The van der Waals surface area contributed by atoms with Crippen molar-refractivity contribution < 1.29 is 9.53 Å². The lowest BCUT2D eigenvalue weighted by Gasteiger charge is -2.43. The summed E-state index contributed by atoms with van der Waals surface area (Å²) in [5, 5.41) is 6.64. The molecule has 1 saturated heterocycles. The van der Waals surface area contributed by atoms with Crippen molar-refractivity contribution in [3.8, 4) is 0 Å². The Balaban J connectivity index is 1.72. The highest BCUT2D eigenvalue weighted by Gasteiger charge is 2.39. The summed E-state index contributed by atoms with van der Waals surface area (Å²) < 4.78 is 5.37. The average molecular weight is 300 g/mol. The number of hydrogen-bond acceptors (Lipinski definition) is 4. The van der Waals surface area contributed by atoms with Crippen LogP contribution in [0.2, 0.25) is 0 Å². The lowest BCUT2D eigenvalue weighted by atomic mass is 9.76. The summed E-state index contributed by atoms with van der Waals surface area (Å²) in [7, 11) is 0. The fraction of sp³-hybridized carbons (Fsp3) is 0.933. The van der Waals surface area contributed by atoms with Crippen LogP contribution in [0.5, 0.6) is 0 Å². The maximum absolute atomic E-state index is 11.9. The van der Waals surface area contributed by atoms with E-state index in [0.717, 1.165) is 31.8 Å². The van der Waals surface area contributed by atoms with Gasteiger partial charge < -0.3 is 15.4 Å². The zero-order chi connectivity index (χ0) is 14.6. The van der Waals surface area contributed by atoms with Gasteiger partial charge in [-0.3, -0.25) is 0 Å². The molecule has 2 fully saturated rings. The average Bonchev–Trinajstić information content (AvgIpc) is 2.75. The first kappa shape index (κ1) is 16.0. The number of carbonyl (C=O) groups is 1. The molecule has 5 heteroatoms. The molecule has 20 heavy (non-hydrogen) atoms. The molecule has 1 saturated carbocycles. The van der Waals surface area contributed by atoms with E-state index in [0.29, 0.717) is 0 Å².